The number of nitrogens with one attached hydrogen (secondary N) is 1. The lowest BCUT2D eigenvalue weighted by Gasteiger charge is -2.30. The molecule has 0 aromatic carbocycles. The lowest BCUT2D eigenvalue weighted by atomic mass is 10.0. The summed E-state index contributed by atoms with van der Waals surface area (Å²) >= 11 is 0. The Hall–Kier alpha value is -2.06. The maximum atomic E-state index is 13.0. The smallest absolute Gasteiger partial charge is 0.268 e. The predicted octanol–water partition coefficient (Wildman–Crippen LogP) is 19.2. The van der Waals surface area contributed by atoms with Gasteiger partial charge in [0.2, 0.25) is 5.91 Å². The summed E-state index contributed by atoms with van der Waals surface area (Å²) < 4.78 is 23.4. The highest BCUT2D eigenvalue weighted by Crippen LogP contribution is 2.38. The molecule has 0 fully saturated rings. The van der Waals surface area contributed by atoms with E-state index in [4.69, 9.17) is 9.05 Å². The Kier molecular flexibility index (Phi) is 55.1. The minimum absolute atomic E-state index is 0.0120. The van der Waals surface area contributed by atoms with Crippen LogP contribution in [0.3, 0.4) is 0 Å². The van der Waals surface area contributed by atoms with E-state index in [1.807, 2.05) is 21.1 Å². The highest BCUT2D eigenvalue weighted by atomic mass is 31.2. The number of carbonyl (C=O) groups excluding carboxylic acids is 1. The molecule has 0 saturated carbocycles. The maximum Gasteiger partial charge on any atom is 0.268 e. The molecule has 0 radical (unpaired) electrons. The number of phosphoric acid groups is 1. The molecule has 8 nitrogen and oxygen atoms in total. The maximum absolute atomic E-state index is 13.0. The van der Waals surface area contributed by atoms with Crippen molar-refractivity contribution in [3.63, 3.8) is 0 Å². The average molecular weight is 1070 g/mol. The number of phosphoric ester groups is 1. The third-order valence-electron chi connectivity index (χ3n) is 14.2. The molecule has 0 aromatic heterocycles. The Bertz CT molecular complexity index is 1450. The number of allylic oxidation sites excluding steroid dienone is 12. The quantitative estimate of drug-likeness (QED) is 0.0272. The molecule has 0 aliphatic heterocycles. The van der Waals surface area contributed by atoms with Gasteiger partial charge in [0.1, 0.15) is 13.2 Å². The number of quaternary nitrogens is 1. The van der Waals surface area contributed by atoms with Crippen LogP contribution in [0.5, 0.6) is 0 Å². The van der Waals surface area contributed by atoms with Gasteiger partial charge in [0.15, 0.2) is 0 Å². The van der Waals surface area contributed by atoms with Crippen LogP contribution in [-0.4, -0.2) is 68.5 Å². The fourth-order valence-corrected chi connectivity index (χ4v) is 10.0. The minimum atomic E-state index is -4.57. The summed E-state index contributed by atoms with van der Waals surface area (Å²) in [6, 6.07) is -0.802. The van der Waals surface area contributed by atoms with Gasteiger partial charge in [-0.25, -0.2) is 0 Å². The summed E-state index contributed by atoms with van der Waals surface area (Å²) in [5, 5.41) is 14.0. The molecule has 9 heteroatoms. The molecule has 1 amide bonds. The van der Waals surface area contributed by atoms with Gasteiger partial charge in [0.05, 0.1) is 39.9 Å². The van der Waals surface area contributed by atoms with E-state index in [-0.39, 0.29) is 19.1 Å². The Morgan fingerprint density at radius 3 is 1.19 bits per heavy atom. The number of carbonyl (C=O) groups is 1. The average Bonchev–Trinajstić information content (AvgIpc) is 3.37. The molecule has 0 bridgehead atoms. The normalized spacial score (nSPS) is 14.3. The Labute approximate surface area is 465 Å². The molecule has 0 heterocycles. The topological polar surface area (TPSA) is 108 Å². The van der Waals surface area contributed by atoms with Crippen LogP contribution in [0.2, 0.25) is 0 Å². The van der Waals surface area contributed by atoms with E-state index < -0.39 is 20.0 Å². The number of rotatable bonds is 58. The van der Waals surface area contributed by atoms with Crippen LogP contribution in [-0.2, 0) is 18.4 Å². The summed E-state index contributed by atoms with van der Waals surface area (Å²) in [5.74, 6) is -0.162. The molecule has 3 unspecified atom stereocenters. The van der Waals surface area contributed by atoms with Crippen molar-refractivity contribution >= 4 is 13.7 Å². The number of aliphatic hydroxyl groups excluding tert-OH is 1. The van der Waals surface area contributed by atoms with Crippen molar-refractivity contribution in [2.24, 2.45) is 0 Å². The van der Waals surface area contributed by atoms with Crippen LogP contribution in [0.1, 0.15) is 290 Å². The van der Waals surface area contributed by atoms with Gasteiger partial charge in [-0.2, -0.15) is 0 Å². The highest BCUT2D eigenvalue weighted by Gasteiger charge is 2.24. The summed E-state index contributed by atoms with van der Waals surface area (Å²) in [4.78, 5) is 25.6. The number of likely N-dealkylation sites (N-methyl/N-ethyl adjacent to an activating group) is 1. The van der Waals surface area contributed by atoms with Crippen LogP contribution in [0, 0.1) is 0 Å². The zero-order valence-electron chi connectivity index (χ0n) is 50.0. The van der Waals surface area contributed by atoms with E-state index in [1.165, 1.54) is 186 Å². The van der Waals surface area contributed by atoms with Crippen molar-refractivity contribution in [3.05, 3.63) is 72.9 Å². The second-order valence-corrected chi connectivity index (χ2v) is 24.2. The number of amides is 1. The van der Waals surface area contributed by atoms with Gasteiger partial charge in [-0.1, -0.05) is 292 Å². The number of hydrogen-bond acceptors (Lipinski definition) is 6. The van der Waals surface area contributed by atoms with Crippen molar-refractivity contribution in [3.8, 4) is 0 Å². The first-order valence-corrected chi connectivity index (χ1v) is 33.2. The second-order valence-electron chi connectivity index (χ2n) is 22.7. The molecule has 0 aromatic rings. The number of hydrogen-bond donors (Lipinski definition) is 2. The van der Waals surface area contributed by atoms with Crippen LogP contribution < -0.4 is 10.2 Å². The minimum Gasteiger partial charge on any atom is -0.756 e. The van der Waals surface area contributed by atoms with Crippen LogP contribution >= 0.6 is 7.82 Å². The molecular weight excluding hydrogens is 948 g/mol. The monoisotopic (exact) mass is 1070 g/mol. The van der Waals surface area contributed by atoms with Gasteiger partial charge in [-0.05, 0) is 64.2 Å². The number of unbranched alkanes of at least 4 members (excludes halogenated alkanes) is 33. The summed E-state index contributed by atoms with van der Waals surface area (Å²) in [6.45, 7) is 4.63. The molecule has 2 N–H and O–H groups in total. The highest BCUT2D eigenvalue weighted by molar-refractivity contribution is 7.45. The first-order valence-electron chi connectivity index (χ1n) is 31.8. The van der Waals surface area contributed by atoms with E-state index in [1.54, 1.807) is 0 Å². The zero-order chi connectivity index (χ0) is 54.9. The van der Waals surface area contributed by atoms with Crippen molar-refractivity contribution < 1.29 is 32.9 Å². The molecule has 0 spiro atoms. The molecule has 0 aliphatic carbocycles. The standard InChI is InChI=1S/C66H123N2O6P/c1-6-8-10-12-14-16-18-20-22-24-25-26-27-28-29-30-31-32-33-34-35-36-37-38-39-40-41-42-43-44-46-48-50-52-54-56-58-60-66(70)67-64(63-74-75(71,72)73-62-61-68(3,4)5)65(69)59-57-55-53-51-49-47-45-23-21-19-17-15-13-11-9-7-2/h8,10,14,16,20,22,25-26,28-29,31-32,64-65,69H,6-7,9,11-13,15,17-19,21,23-24,27,30,33-63H2,1-5H3,(H-,67,70,71,72)/b10-8-,16-14-,22-20-,26-25-,29-28-,32-31-. The predicted molar refractivity (Wildman–Crippen MR) is 325 cm³/mol. The first-order chi connectivity index (χ1) is 36.5. The fraction of sp³-hybridized carbons (Fsp3) is 0.803. The largest absolute Gasteiger partial charge is 0.756 e. The third kappa shape index (κ3) is 59.4. The first kappa shape index (κ1) is 72.9. The number of nitrogens with zero attached hydrogens (tertiary/aromatic N) is 1. The number of aliphatic hydroxyl groups is 1. The molecule has 0 saturated heterocycles. The Morgan fingerprint density at radius 2 is 0.813 bits per heavy atom. The molecule has 3 atom stereocenters. The van der Waals surface area contributed by atoms with E-state index in [0.29, 0.717) is 23.9 Å². The van der Waals surface area contributed by atoms with E-state index in [0.717, 1.165) is 77.0 Å². The van der Waals surface area contributed by atoms with Crippen molar-refractivity contribution in [2.75, 3.05) is 40.9 Å². The van der Waals surface area contributed by atoms with Crippen molar-refractivity contribution in [1.29, 1.82) is 0 Å². The molecular formula is C66H123N2O6P. The van der Waals surface area contributed by atoms with Gasteiger partial charge in [-0.3, -0.25) is 9.36 Å². The zero-order valence-corrected chi connectivity index (χ0v) is 50.9. The lowest BCUT2D eigenvalue weighted by molar-refractivity contribution is -0.870. The van der Waals surface area contributed by atoms with E-state index in [9.17, 15) is 19.4 Å². The second kappa shape index (κ2) is 56.7. The van der Waals surface area contributed by atoms with Crippen molar-refractivity contribution in [2.45, 2.75) is 302 Å². The van der Waals surface area contributed by atoms with Gasteiger partial charge in [0.25, 0.3) is 7.82 Å². The van der Waals surface area contributed by atoms with E-state index >= 15 is 0 Å². The molecule has 75 heavy (non-hydrogen) atoms. The SMILES string of the molecule is CC/C=C\C/C=C\C/C=C\C/C=C\C/C=C\C/C=C\CCCCCCCCCCCCCCCCCCCCC(=O)NC(COP(=O)([O-])OCC[N+](C)(C)C)C(O)CCCCCCCCCCCCCCCCCC. The summed E-state index contributed by atoms with van der Waals surface area (Å²) in [5.41, 5.74) is 0. The van der Waals surface area contributed by atoms with Gasteiger partial charge in [-0.15, -0.1) is 0 Å². The molecule has 0 aliphatic rings. The fourth-order valence-electron chi connectivity index (χ4n) is 9.28. The lowest BCUT2D eigenvalue weighted by Crippen LogP contribution is -2.46. The third-order valence-corrected chi connectivity index (χ3v) is 15.2. The molecule has 438 valence electrons. The summed E-state index contributed by atoms with van der Waals surface area (Å²) in [6.07, 6.45) is 78.1. The van der Waals surface area contributed by atoms with Crippen LogP contribution in [0.15, 0.2) is 72.9 Å². The van der Waals surface area contributed by atoms with Gasteiger partial charge in [0, 0.05) is 6.42 Å². The Balaban J connectivity index is 3.98. The van der Waals surface area contributed by atoms with Gasteiger partial charge >= 0.3 is 0 Å². The molecule has 0 rings (SSSR count). The van der Waals surface area contributed by atoms with E-state index in [2.05, 4.69) is 92.1 Å². The van der Waals surface area contributed by atoms with Gasteiger partial charge < -0.3 is 28.8 Å². The summed E-state index contributed by atoms with van der Waals surface area (Å²) in [7, 11) is 1.31. The van der Waals surface area contributed by atoms with Crippen molar-refractivity contribution in [1.82, 2.24) is 5.32 Å². The van der Waals surface area contributed by atoms with Crippen LogP contribution in [0.4, 0.5) is 0 Å². The Morgan fingerprint density at radius 1 is 0.480 bits per heavy atom. The van der Waals surface area contributed by atoms with Crippen LogP contribution in [0.25, 0.3) is 0 Å².